The first-order valence-electron chi connectivity index (χ1n) is 2.48. The standard InChI is InChI=1S/C4HF7O2.K/c5-2(6,1(12)13)3(7,8)4(9,10)11;/h(H,12,13);/q;+1/p-1. The topological polar surface area (TPSA) is 40.1 Å². The van der Waals surface area contributed by atoms with Crippen LogP contribution in [0.5, 0.6) is 0 Å². The van der Waals surface area contributed by atoms with Crippen LogP contribution in [0.1, 0.15) is 0 Å². The molecule has 0 aromatic carbocycles. The van der Waals surface area contributed by atoms with Gasteiger partial charge in [0.1, 0.15) is 5.97 Å². The molecule has 0 heterocycles. The predicted molar refractivity (Wildman–Crippen MR) is 21.0 cm³/mol. The minimum Gasteiger partial charge on any atom is -0.544 e. The summed E-state index contributed by atoms with van der Waals surface area (Å²) in [5, 5.41) is 9.27. The van der Waals surface area contributed by atoms with Crippen molar-refractivity contribution < 1.29 is 92.0 Å². The predicted octanol–water partition coefficient (Wildman–Crippen LogP) is -2.43. The van der Waals surface area contributed by atoms with Gasteiger partial charge in [0.25, 0.3) is 0 Å². The van der Waals surface area contributed by atoms with Gasteiger partial charge in [0.15, 0.2) is 0 Å². The van der Waals surface area contributed by atoms with Crippen molar-refractivity contribution in [2.24, 2.45) is 0 Å². The first-order valence-corrected chi connectivity index (χ1v) is 2.48. The second-order valence-corrected chi connectivity index (χ2v) is 1.93. The molecule has 0 N–H and O–H groups in total. The molecular weight excluding hydrogens is 252 g/mol. The first kappa shape index (κ1) is 17.0. The second-order valence-electron chi connectivity index (χ2n) is 1.93. The van der Waals surface area contributed by atoms with E-state index in [0.717, 1.165) is 0 Å². The molecule has 0 aliphatic heterocycles. The Labute approximate surface area is 115 Å². The molecule has 0 aromatic rings. The van der Waals surface area contributed by atoms with E-state index in [1.165, 1.54) is 0 Å². The minimum atomic E-state index is -6.64. The Morgan fingerprint density at radius 2 is 1.21 bits per heavy atom. The summed E-state index contributed by atoms with van der Waals surface area (Å²) in [5.74, 6) is -16.7. The molecule has 0 aromatic heterocycles. The number of rotatable bonds is 2. The Balaban J connectivity index is 0. The molecule has 0 radical (unpaired) electrons. The summed E-state index contributed by atoms with van der Waals surface area (Å²) in [6, 6.07) is 0. The third-order valence-electron chi connectivity index (χ3n) is 1.01. The van der Waals surface area contributed by atoms with Gasteiger partial charge in [0, 0.05) is 0 Å². The van der Waals surface area contributed by atoms with Crippen molar-refractivity contribution in [3.8, 4) is 0 Å². The molecular formula is C4F7KO2. The Morgan fingerprint density at radius 1 is 0.929 bits per heavy atom. The maximum atomic E-state index is 11.7. The summed E-state index contributed by atoms with van der Waals surface area (Å²) in [4.78, 5) is 9.27. The number of hydrogen-bond donors (Lipinski definition) is 0. The molecule has 0 aliphatic rings. The van der Waals surface area contributed by atoms with Gasteiger partial charge in [-0.25, -0.2) is 0 Å². The number of hydrogen-bond acceptors (Lipinski definition) is 2. The van der Waals surface area contributed by atoms with Gasteiger partial charge in [0.05, 0.1) is 0 Å². The molecule has 0 rings (SSSR count). The molecule has 78 valence electrons. The molecule has 0 spiro atoms. The number of carboxylic acid groups (broad SMARTS) is 1. The summed E-state index contributed by atoms with van der Waals surface area (Å²) < 4.78 is 80.2. The third-order valence-corrected chi connectivity index (χ3v) is 1.01. The van der Waals surface area contributed by atoms with Gasteiger partial charge < -0.3 is 9.90 Å². The van der Waals surface area contributed by atoms with Gasteiger partial charge in [-0.3, -0.25) is 0 Å². The zero-order chi connectivity index (χ0) is 11.1. The summed E-state index contributed by atoms with van der Waals surface area (Å²) in [6.07, 6.45) is -6.64. The van der Waals surface area contributed by atoms with E-state index in [1.807, 2.05) is 0 Å². The van der Waals surface area contributed by atoms with Crippen LogP contribution >= 0.6 is 0 Å². The molecule has 0 atom stereocenters. The summed E-state index contributed by atoms with van der Waals surface area (Å²) in [5.41, 5.74) is 0. The molecule has 0 saturated heterocycles. The van der Waals surface area contributed by atoms with Gasteiger partial charge in [-0.15, -0.1) is 0 Å². The van der Waals surface area contributed by atoms with Crippen LogP contribution in [0.25, 0.3) is 0 Å². The molecule has 0 fully saturated rings. The number of carboxylic acids is 1. The second kappa shape index (κ2) is 4.64. The fraction of sp³-hybridized carbons (Fsp3) is 0.750. The maximum absolute atomic E-state index is 11.7. The van der Waals surface area contributed by atoms with E-state index >= 15 is 0 Å². The number of alkyl halides is 7. The zero-order valence-corrected chi connectivity index (χ0v) is 9.59. The summed E-state index contributed by atoms with van der Waals surface area (Å²) >= 11 is 0. The van der Waals surface area contributed by atoms with E-state index in [4.69, 9.17) is 0 Å². The van der Waals surface area contributed by atoms with Gasteiger partial charge in [-0.2, -0.15) is 30.7 Å². The van der Waals surface area contributed by atoms with E-state index in [-0.39, 0.29) is 51.4 Å². The summed E-state index contributed by atoms with van der Waals surface area (Å²) in [7, 11) is 0. The van der Waals surface area contributed by atoms with Crippen molar-refractivity contribution in [1.82, 2.24) is 0 Å². The van der Waals surface area contributed by atoms with Crippen LogP contribution < -0.4 is 56.5 Å². The third kappa shape index (κ3) is 2.81. The molecule has 0 aliphatic carbocycles. The van der Waals surface area contributed by atoms with Crippen LogP contribution in [0.2, 0.25) is 0 Å². The molecule has 0 unspecified atom stereocenters. The fourth-order valence-electron chi connectivity index (χ4n) is 0.306. The number of aliphatic carboxylic acids is 1. The average molecular weight is 252 g/mol. The van der Waals surface area contributed by atoms with Crippen molar-refractivity contribution in [1.29, 1.82) is 0 Å². The molecule has 2 nitrogen and oxygen atoms in total. The first-order chi connectivity index (χ1) is 5.44. The Bertz CT molecular complexity index is 222. The van der Waals surface area contributed by atoms with Gasteiger partial charge in [0.2, 0.25) is 0 Å². The quantitative estimate of drug-likeness (QED) is 0.405. The molecule has 10 heteroatoms. The van der Waals surface area contributed by atoms with E-state index in [2.05, 4.69) is 0 Å². The molecule has 0 bridgehead atoms. The largest absolute Gasteiger partial charge is 1.00 e. The van der Waals surface area contributed by atoms with Crippen LogP contribution in [0.4, 0.5) is 30.7 Å². The number of halogens is 7. The molecule has 0 saturated carbocycles. The van der Waals surface area contributed by atoms with Crippen LogP contribution in [0.3, 0.4) is 0 Å². The number of carbonyl (C=O) groups is 1. The van der Waals surface area contributed by atoms with Gasteiger partial charge in [-0.05, 0) is 0 Å². The van der Waals surface area contributed by atoms with Crippen LogP contribution in [-0.4, -0.2) is 24.0 Å². The van der Waals surface area contributed by atoms with Crippen LogP contribution in [0, 0.1) is 0 Å². The van der Waals surface area contributed by atoms with E-state index < -0.39 is 24.0 Å². The van der Waals surface area contributed by atoms with E-state index in [9.17, 15) is 40.6 Å². The van der Waals surface area contributed by atoms with Gasteiger partial charge in [-0.1, -0.05) is 0 Å². The van der Waals surface area contributed by atoms with Crippen molar-refractivity contribution in [2.75, 3.05) is 0 Å². The van der Waals surface area contributed by atoms with Gasteiger partial charge >= 0.3 is 69.4 Å². The Morgan fingerprint density at radius 3 is 1.29 bits per heavy atom. The number of carbonyl (C=O) groups excluding carboxylic acids is 1. The normalized spacial score (nSPS) is 13.4. The maximum Gasteiger partial charge on any atom is 1.00 e. The van der Waals surface area contributed by atoms with Crippen LogP contribution in [0.15, 0.2) is 0 Å². The van der Waals surface area contributed by atoms with Crippen LogP contribution in [-0.2, 0) is 4.79 Å². The van der Waals surface area contributed by atoms with Crippen molar-refractivity contribution in [3.05, 3.63) is 0 Å². The minimum absolute atomic E-state index is 0. The Hall–Kier alpha value is 0.616. The molecule has 0 amide bonds. The zero-order valence-electron chi connectivity index (χ0n) is 6.46. The van der Waals surface area contributed by atoms with Crippen molar-refractivity contribution >= 4 is 5.97 Å². The van der Waals surface area contributed by atoms with E-state index in [1.54, 1.807) is 0 Å². The van der Waals surface area contributed by atoms with Crippen molar-refractivity contribution in [3.63, 3.8) is 0 Å². The smallest absolute Gasteiger partial charge is 0.544 e. The Kier molecular flexibility index (Phi) is 5.64. The summed E-state index contributed by atoms with van der Waals surface area (Å²) in [6.45, 7) is 0. The average Bonchev–Trinajstić information content (AvgIpc) is 1.84. The SMILES string of the molecule is O=C([O-])C(F)(F)C(F)(F)C(F)(F)F.[K+]. The van der Waals surface area contributed by atoms with Crippen molar-refractivity contribution in [2.45, 2.75) is 18.0 Å². The monoisotopic (exact) mass is 252 g/mol. The molecule has 14 heavy (non-hydrogen) atoms. The fourth-order valence-corrected chi connectivity index (χ4v) is 0.306. The van der Waals surface area contributed by atoms with E-state index in [0.29, 0.717) is 0 Å².